The molecule has 0 spiro atoms. The summed E-state index contributed by atoms with van der Waals surface area (Å²) in [7, 11) is 0. The topological polar surface area (TPSA) is 53.7 Å². The van der Waals surface area contributed by atoms with Crippen molar-refractivity contribution in [1.82, 2.24) is 4.90 Å². The highest BCUT2D eigenvalue weighted by atomic mass is 19.1. The van der Waals surface area contributed by atoms with Crippen LogP contribution in [0.25, 0.3) is 0 Å². The molecule has 0 radical (unpaired) electrons. The number of furan rings is 1. The zero-order valence-corrected chi connectivity index (χ0v) is 11.2. The highest BCUT2D eigenvalue weighted by Crippen LogP contribution is 2.15. The summed E-state index contributed by atoms with van der Waals surface area (Å²) in [6, 6.07) is 7.49. The molecule has 0 unspecified atom stereocenters. The molecule has 0 atom stereocenters. The summed E-state index contributed by atoms with van der Waals surface area (Å²) in [6.45, 7) is 3.56. The van der Waals surface area contributed by atoms with Crippen molar-refractivity contribution in [3.63, 3.8) is 0 Å². The number of hydrogen-bond donors (Lipinski definition) is 1. The van der Waals surface area contributed by atoms with E-state index in [2.05, 4.69) is 0 Å². The molecule has 0 aliphatic carbocycles. The molecule has 0 aliphatic heterocycles. The molecule has 2 rings (SSSR count). The molecule has 1 N–H and O–H groups in total. The van der Waals surface area contributed by atoms with Gasteiger partial charge < -0.3 is 9.52 Å². The van der Waals surface area contributed by atoms with Crippen molar-refractivity contribution in [1.29, 1.82) is 0 Å². The average molecular weight is 277 g/mol. The van der Waals surface area contributed by atoms with Gasteiger partial charge in [-0.05, 0) is 36.9 Å². The second kappa shape index (κ2) is 6.34. The maximum atomic E-state index is 13.8. The number of benzene rings is 1. The fraction of sp³-hybridized carbons (Fsp3) is 0.267. The maximum absolute atomic E-state index is 13.8. The van der Waals surface area contributed by atoms with Crippen molar-refractivity contribution in [3.05, 3.63) is 59.3 Å². The van der Waals surface area contributed by atoms with Gasteiger partial charge >= 0.3 is 5.97 Å². The van der Waals surface area contributed by atoms with Crippen LogP contribution in [-0.4, -0.2) is 22.5 Å². The van der Waals surface area contributed by atoms with Crippen LogP contribution in [0.4, 0.5) is 4.39 Å². The molecule has 0 saturated heterocycles. The molecule has 1 aromatic carbocycles. The molecule has 5 heteroatoms. The van der Waals surface area contributed by atoms with Crippen molar-refractivity contribution >= 4 is 5.97 Å². The lowest BCUT2D eigenvalue weighted by molar-refractivity contribution is 0.0696. The number of aromatic carboxylic acids is 1. The largest absolute Gasteiger partial charge is 0.478 e. The minimum absolute atomic E-state index is 0.0930. The third-order valence-electron chi connectivity index (χ3n) is 3.09. The Labute approximate surface area is 116 Å². The van der Waals surface area contributed by atoms with Crippen LogP contribution >= 0.6 is 0 Å². The minimum Gasteiger partial charge on any atom is -0.478 e. The Morgan fingerprint density at radius 3 is 2.75 bits per heavy atom. The van der Waals surface area contributed by atoms with Gasteiger partial charge in [-0.15, -0.1) is 0 Å². The van der Waals surface area contributed by atoms with Gasteiger partial charge in [-0.3, -0.25) is 4.90 Å². The zero-order chi connectivity index (χ0) is 14.5. The van der Waals surface area contributed by atoms with Gasteiger partial charge in [-0.1, -0.05) is 6.92 Å². The van der Waals surface area contributed by atoms with E-state index in [1.165, 1.54) is 18.2 Å². The van der Waals surface area contributed by atoms with Gasteiger partial charge in [0.1, 0.15) is 11.6 Å². The first-order valence-electron chi connectivity index (χ1n) is 6.36. The van der Waals surface area contributed by atoms with Crippen LogP contribution in [0.1, 0.15) is 28.6 Å². The first-order valence-corrected chi connectivity index (χ1v) is 6.36. The predicted octanol–water partition coefficient (Wildman–Crippen LogP) is 3.14. The summed E-state index contributed by atoms with van der Waals surface area (Å²) in [5.41, 5.74) is 0.466. The molecule has 0 aliphatic rings. The molecule has 1 aromatic heterocycles. The van der Waals surface area contributed by atoms with Gasteiger partial charge in [0, 0.05) is 12.1 Å². The van der Waals surface area contributed by atoms with Crippen molar-refractivity contribution in [2.24, 2.45) is 0 Å². The molecule has 0 bridgehead atoms. The highest BCUT2D eigenvalue weighted by molar-refractivity contribution is 5.87. The van der Waals surface area contributed by atoms with E-state index in [9.17, 15) is 9.18 Å². The minimum atomic E-state index is -1.06. The smallest absolute Gasteiger partial charge is 0.335 e. The van der Waals surface area contributed by atoms with Gasteiger partial charge in [0.25, 0.3) is 0 Å². The first kappa shape index (κ1) is 14.3. The summed E-state index contributed by atoms with van der Waals surface area (Å²) in [5, 5.41) is 8.95. The normalized spacial score (nSPS) is 10.9. The molecular weight excluding hydrogens is 261 g/mol. The Balaban J connectivity index is 2.14. The van der Waals surface area contributed by atoms with Gasteiger partial charge in [-0.2, -0.15) is 0 Å². The van der Waals surface area contributed by atoms with Crippen LogP contribution in [0.2, 0.25) is 0 Å². The third kappa shape index (κ3) is 3.45. The van der Waals surface area contributed by atoms with E-state index in [0.29, 0.717) is 25.2 Å². The summed E-state index contributed by atoms with van der Waals surface area (Å²) in [6.07, 6.45) is 1.59. The van der Waals surface area contributed by atoms with E-state index < -0.39 is 11.8 Å². The van der Waals surface area contributed by atoms with Crippen LogP contribution in [0.15, 0.2) is 41.0 Å². The molecule has 2 aromatic rings. The Bertz CT molecular complexity index is 581. The molecule has 106 valence electrons. The fourth-order valence-electron chi connectivity index (χ4n) is 1.97. The predicted molar refractivity (Wildman–Crippen MR) is 71.9 cm³/mol. The van der Waals surface area contributed by atoms with E-state index in [1.807, 2.05) is 17.9 Å². The van der Waals surface area contributed by atoms with E-state index in [4.69, 9.17) is 9.52 Å². The third-order valence-corrected chi connectivity index (χ3v) is 3.09. The standard InChI is InChI=1S/C15H16FNO3/c1-2-17(10-13-4-3-7-20-13)9-12-8-11(15(18)19)5-6-14(12)16/h3-8H,2,9-10H2,1H3,(H,18,19). The SMILES string of the molecule is CCN(Cc1ccco1)Cc1cc(C(=O)O)ccc1F. The molecule has 4 nitrogen and oxygen atoms in total. The van der Waals surface area contributed by atoms with E-state index >= 15 is 0 Å². The number of nitrogens with zero attached hydrogens (tertiary/aromatic N) is 1. The van der Waals surface area contributed by atoms with Crippen LogP contribution in [-0.2, 0) is 13.1 Å². The average Bonchev–Trinajstić information content (AvgIpc) is 2.92. The van der Waals surface area contributed by atoms with Crippen LogP contribution in [0.3, 0.4) is 0 Å². The Kier molecular flexibility index (Phi) is 4.53. The highest BCUT2D eigenvalue weighted by Gasteiger charge is 2.12. The van der Waals surface area contributed by atoms with Crippen molar-refractivity contribution in [3.8, 4) is 0 Å². The molecular formula is C15H16FNO3. The molecule has 0 fully saturated rings. The number of halogens is 1. The Hall–Kier alpha value is -2.14. The Morgan fingerprint density at radius 2 is 2.15 bits per heavy atom. The summed E-state index contributed by atoms with van der Waals surface area (Å²) in [4.78, 5) is 12.9. The van der Waals surface area contributed by atoms with E-state index in [1.54, 1.807) is 12.3 Å². The molecule has 1 heterocycles. The number of carboxylic acid groups (broad SMARTS) is 1. The monoisotopic (exact) mass is 277 g/mol. The van der Waals surface area contributed by atoms with E-state index in [-0.39, 0.29) is 5.56 Å². The van der Waals surface area contributed by atoms with Gasteiger partial charge in [0.05, 0.1) is 18.4 Å². The van der Waals surface area contributed by atoms with Gasteiger partial charge in [0.15, 0.2) is 0 Å². The van der Waals surface area contributed by atoms with Gasteiger partial charge in [0.2, 0.25) is 0 Å². The van der Waals surface area contributed by atoms with Crippen LogP contribution in [0.5, 0.6) is 0 Å². The summed E-state index contributed by atoms with van der Waals surface area (Å²) >= 11 is 0. The number of rotatable bonds is 6. The number of hydrogen-bond acceptors (Lipinski definition) is 3. The zero-order valence-electron chi connectivity index (χ0n) is 11.2. The lowest BCUT2D eigenvalue weighted by Gasteiger charge is -2.19. The van der Waals surface area contributed by atoms with Crippen molar-refractivity contribution < 1.29 is 18.7 Å². The van der Waals surface area contributed by atoms with Crippen LogP contribution < -0.4 is 0 Å². The van der Waals surface area contributed by atoms with Crippen molar-refractivity contribution in [2.45, 2.75) is 20.0 Å². The lowest BCUT2D eigenvalue weighted by atomic mass is 10.1. The quantitative estimate of drug-likeness (QED) is 0.881. The fourth-order valence-corrected chi connectivity index (χ4v) is 1.97. The molecule has 0 amide bonds. The maximum Gasteiger partial charge on any atom is 0.335 e. The van der Waals surface area contributed by atoms with E-state index in [0.717, 1.165) is 5.76 Å². The number of carbonyl (C=O) groups is 1. The van der Waals surface area contributed by atoms with Gasteiger partial charge in [-0.25, -0.2) is 9.18 Å². The first-order chi connectivity index (χ1) is 9.60. The second-order valence-electron chi connectivity index (χ2n) is 4.49. The lowest BCUT2D eigenvalue weighted by Crippen LogP contribution is -2.22. The summed E-state index contributed by atoms with van der Waals surface area (Å²) < 4.78 is 19.0. The summed E-state index contributed by atoms with van der Waals surface area (Å²) in [5.74, 6) is -0.658. The number of carboxylic acids is 1. The Morgan fingerprint density at radius 1 is 1.35 bits per heavy atom. The van der Waals surface area contributed by atoms with Crippen molar-refractivity contribution in [2.75, 3.05) is 6.54 Å². The van der Waals surface area contributed by atoms with Crippen LogP contribution in [0, 0.1) is 5.82 Å². The second-order valence-corrected chi connectivity index (χ2v) is 4.49. The molecule has 0 saturated carbocycles. The molecule has 20 heavy (non-hydrogen) atoms.